The number of unbranched alkanes of at least 4 members (excludes halogenated alkanes) is 1. The zero-order valence-corrected chi connectivity index (χ0v) is 9.58. The van der Waals surface area contributed by atoms with E-state index in [1.54, 1.807) is 0 Å². The molecule has 0 aromatic rings. The molecule has 1 rings (SSSR count). The van der Waals surface area contributed by atoms with Crippen molar-refractivity contribution in [1.29, 1.82) is 0 Å². The van der Waals surface area contributed by atoms with E-state index >= 15 is 0 Å². The third kappa shape index (κ3) is 4.68. The molecule has 2 heteroatoms. The molecule has 2 unspecified atom stereocenters. The number of hydrogen-bond donors (Lipinski definition) is 1. The van der Waals surface area contributed by atoms with Crippen molar-refractivity contribution in [2.75, 3.05) is 19.8 Å². The van der Waals surface area contributed by atoms with Crippen LogP contribution in [0.3, 0.4) is 0 Å². The van der Waals surface area contributed by atoms with Gasteiger partial charge in [0.05, 0.1) is 0 Å². The second-order valence-electron chi connectivity index (χ2n) is 4.42. The number of hydrogen-bond acceptors (Lipinski definition) is 2. The summed E-state index contributed by atoms with van der Waals surface area (Å²) in [5.41, 5.74) is 5.76. The van der Waals surface area contributed by atoms with Crippen LogP contribution in [-0.2, 0) is 4.74 Å². The molecule has 0 amide bonds. The van der Waals surface area contributed by atoms with Crippen molar-refractivity contribution in [2.45, 2.75) is 38.5 Å². The van der Waals surface area contributed by atoms with E-state index in [1.807, 2.05) is 0 Å². The van der Waals surface area contributed by atoms with Crippen LogP contribution in [0.15, 0.2) is 0 Å². The first kappa shape index (κ1) is 12.5. The van der Waals surface area contributed by atoms with Gasteiger partial charge in [-0.2, -0.15) is 0 Å². The summed E-state index contributed by atoms with van der Waals surface area (Å²) in [7, 11) is 0. The van der Waals surface area contributed by atoms with Gasteiger partial charge in [-0.15, -0.1) is 12.3 Å². The Balaban J connectivity index is 2.10. The van der Waals surface area contributed by atoms with Crippen LogP contribution in [0, 0.1) is 24.2 Å². The van der Waals surface area contributed by atoms with Gasteiger partial charge < -0.3 is 10.5 Å². The Morgan fingerprint density at radius 3 is 2.67 bits per heavy atom. The van der Waals surface area contributed by atoms with Crippen LogP contribution in [0.4, 0.5) is 0 Å². The maximum Gasteiger partial charge on any atom is 0.0497 e. The van der Waals surface area contributed by atoms with Gasteiger partial charge in [-0.05, 0) is 37.6 Å². The van der Waals surface area contributed by atoms with E-state index in [-0.39, 0.29) is 0 Å². The smallest absolute Gasteiger partial charge is 0.0497 e. The summed E-state index contributed by atoms with van der Waals surface area (Å²) in [6, 6.07) is 0. The molecular formula is C13H23NO. The monoisotopic (exact) mass is 209 g/mol. The normalized spacial score (nSPS) is 26.1. The maximum atomic E-state index is 5.76. The third-order valence-corrected chi connectivity index (χ3v) is 3.31. The molecule has 86 valence electrons. The van der Waals surface area contributed by atoms with E-state index in [0.29, 0.717) is 11.8 Å². The Hall–Kier alpha value is -0.520. The lowest BCUT2D eigenvalue weighted by molar-refractivity contribution is 0.0603. The van der Waals surface area contributed by atoms with Gasteiger partial charge in [0.15, 0.2) is 0 Å². The summed E-state index contributed by atoms with van der Waals surface area (Å²) in [5, 5.41) is 0. The first-order valence-corrected chi connectivity index (χ1v) is 6.09. The van der Waals surface area contributed by atoms with Crippen molar-refractivity contribution in [3.05, 3.63) is 0 Å². The fourth-order valence-electron chi connectivity index (χ4n) is 2.33. The Morgan fingerprint density at radius 2 is 2.00 bits per heavy atom. The lowest BCUT2D eigenvalue weighted by Gasteiger charge is -2.30. The molecular weight excluding hydrogens is 186 g/mol. The van der Waals surface area contributed by atoms with Crippen molar-refractivity contribution < 1.29 is 4.74 Å². The number of nitrogens with two attached hydrogens (primary N) is 1. The first-order valence-electron chi connectivity index (χ1n) is 6.09. The van der Waals surface area contributed by atoms with Gasteiger partial charge >= 0.3 is 0 Å². The predicted molar refractivity (Wildman–Crippen MR) is 63.4 cm³/mol. The van der Waals surface area contributed by atoms with Crippen LogP contribution in [0.25, 0.3) is 0 Å². The van der Waals surface area contributed by atoms with E-state index in [2.05, 4.69) is 5.92 Å². The molecule has 0 saturated heterocycles. The molecule has 2 atom stereocenters. The largest absolute Gasteiger partial charge is 0.381 e. The second-order valence-corrected chi connectivity index (χ2v) is 4.42. The van der Waals surface area contributed by atoms with Gasteiger partial charge in [-0.3, -0.25) is 0 Å². The Labute approximate surface area is 93.6 Å². The molecule has 0 spiro atoms. The fraction of sp³-hybridized carbons (Fsp3) is 0.846. The van der Waals surface area contributed by atoms with Gasteiger partial charge in [0.25, 0.3) is 0 Å². The molecule has 1 fully saturated rings. The van der Waals surface area contributed by atoms with Gasteiger partial charge in [0.2, 0.25) is 0 Å². The molecule has 0 aromatic heterocycles. The molecule has 0 heterocycles. The highest BCUT2D eigenvalue weighted by Crippen LogP contribution is 2.29. The van der Waals surface area contributed by atoms with E-state index in [0.717, 1.165) is 32.6 Å². The van der Waals surface area contributed by atoms with E-state index in [9.17, 15) is 0 Å². The summed E-state index contributed by atoms with van der Waals surface area (Å²) >= 11 is 0. The Morgan fingerprint density at radius 1 is 1.27 bits per heavy atom. The zero-order chi connectivity index (χ0) is 10.9. The number of rotatable bonds is 6. The van der Waals surface area contributed by atoms with Crippen LogP contribution < -0.4 is 5.73 Å². The molecule has 0 aliphatic heterocycles. The van der Waals surface area contributed by atoms with E-state index in [4.69, 9.17) is 16.9 Å². The van der Waals surface area contributed by atoms with Gasteiger partial charge in [0.1, 0.15) is 0 Å². The molecule has 2 N–H and O–H groups in total. The topological polar surface area (TPSA) is 35.2 Å². The highest BCUT2D eigenvalue weighted by Gasteiger charge is 2.23. The summed E-state index contributed by atoms with van der Waals surface area (Å²) in [5.74, 6) is 4.00. The molecule has 0 bridgehead atoms. The van der Waals surface area contributed by atoms with Crippen LogP contribution in [0.2, 0.25) is 0 Å². The quantitative estimate of drug-likeness (QED) is 0.537. The highest BCUT2D eigenvalue weighted by atomic mass is 16.5. The lowest BCUT2D eigenvalue weighted by Crippen LogP contribution is -2.30. The minimum atomic E-state index is 0.686. The number of ether oxygens (including phenoxy) is 1. The molecule has 0 radical (unpaired) electrons. The predicted octanol–water partition coefficient (Wildman–Crippen LogP) is 2.18. The average molecular weight is 209 g/mol. The van der Waals surface area contributed by atoms with Crippen molar-refractivity contribution >= 4 is 0 Å². The second kappa shape index (κ2) is 7.73. The van der Waals surface area contributed by atoms with Gasteiger partial charge in [-0.25, -0.2) is 0 Å². The highest BCUT2D eigenvalue weighted by molar-refractivity contribution is 4.82. The van der Waals surface area contributed by atoms with Crippen molar-refractivity contribution in [2.24, 2.45) is 17.6 Å². The molecule has 1 aliphatic rings. The van der Waals surface area contributed by atoms with Crippen LogP contribution >= 0.6 is 0 Å². The lowest BCUT2D eigenvalue weighted by atomic mass is 9.80. The minimum absolute atomic E-state index is 0.686. The number of terminal acetylenes is 1. The standard InChI is InChI=1S/C13H23NO/c1-2-3-6-9-15-11-13-8-5-4-7-12(13)10-14/h1,12-13H,3-11,14H2. The van der Waals surface area contributed by atoms with Gasteiger partial charge in [-0.1, -0.05) is 12.8 Å². The average Bonchev–Trinajstić information content (AvgIpc) is 2.29. The van der Waals surface area contributed by atoms with E-state index in [1.165, 1.54) is 25.7 Å². The fourth-order valence-corrected chi connectivity index (χ4v) is 2.33. The molecule has 1 aliphatic carbocycles. The minimum Gasteiger partial charge on any atom is -0.381 e. The summed E-state index contributed by atoms with van der Waals surface area (Å²) in [6.45, 7) is 2.50. The third-order valence-electron chi connectivity index (χ3n) is 3.31. The molecule has 15 heavy (non-hydrogen) atoms. The van der Waals surface area contributed by atoms with Crippen LogP contribution in [0.5, 0.6) is 0 Å². The summed E-state index contributed by atoms with van der Waals surface area (Å²) in [4.78, 5) is 0. The SMILES string of the molecule is C#CCCCOCC1CCCCC1CN. The Kier molecular flexibility index (Phi) is 6.47. The molecule has 1 saturated carbocycles. The van der Waals surface area contributed by atoms with E-state index < -0.39 is 0 Å². The van der Waals surface area contributed by atoms with Crippen molar-refractivity contribution in [3.63, 3.8) is 0 Å². The summed E-state index contributed by atoms with van der Waals surface area (Å²) in [6.07, 6.45) is 12.2. The molecule has 2 nitrogen and oxygen atoms in total. The maximum absolute atomic E-state index is 5.76. The van der Waals surface area contributed by atoms with Crippen LogP contribution in [0.1, 0.15) is 38.5 Å². The zero-order valence-electron chi connectivity index (χ0n) is 9.58. The Bertz CT molecular complexity index is 197. The van der Waals surface area contributed by atoms with Gasteiger partial charge in [0, 0.05) is 19.6 Å². The van der Waals surface area contributed by atoms with Crippen molar-refractivity contribution in [3.8, 4) is 12.3 Å². The molecule has 0 aromatic carbocycles. The van der Waals surface area contributed by atoms with Crippen LogP contribution in [-0.4, -0.2) is 19.8 Å². The summed E-state index contributed by atoms with van der Waals surface area (Å²) < 4.78 is 5.66. The van der Waals surface area contributed by atoms with Crippen molar-refractivity contribution in [1.82, 2.24) is 0 Å². The first-order chi connectivity index (χ1) is 7.38.